The van der Waals surface area contributed by atoms with E-state index < -0.39 is 0 Å². The van der Waals surface area contributed by atoms with Gasteiger partial charge in [0, 0.05) is 17.7 Å². The summed E-state index contributed by atoms with van der Waals surface area (Å²) in [5.74, 6) is 1.12. The number of hydrogen-bond donors (Lipinski definition) is 0. The second kappa shape index (κ2) is 2.72. The molecule has 0 fully saturated rings. The van der Waals surface area contributed by atoms with Crippen molar-refractivity contribution in [2.45, 2.75) is 0 Å². The molecule has 2 heterocycles. The van der Waals surface area contributed by atoms with Gasteiger partial charge in [0.05, 0.1) is 5.51 Å². The van der Waals surface area contributed by atoms with Gasteiger partial charge in [0.25, 0.3) is 0 Å². The van der Waals surface area contributed by atoms with Gasteiger partial charge in [-0.3, -0.25) is 4.99 Å². The molecule has 0 bridgehead atoms. The third-order valence-corrected chi connectivity index (χ3v) is 2.82. The summed E-state index contributed by atoms with van der Waals surface area (Å²) in [6.07, 6.45) is 0. The summed E-state index contributed by atoms with van der Waals surface area (Å²) in [4.78, 5) is 8.47. The molecule has 1 aromatic rings. The van der Waals surface area contributed by atoms with E-state index >= 15 is 0 Å². The van der Waals surface area contributed by atoms with Crippen LogP contribution in [0.15, 0.2) is 15.9 Å². The van der Waals surface area contributed by atoms with Gasteiger partial charge in [0.2, 0.25) is 0 Å². The van der Waals surface area contributed by atoms with Gasteiger partial charge in [-0.15, -0.1) is 23.1 Å². The van der Waals surface area contributed by atoms with E-state index in [1.54, 1.807) is 23.1 Å². The fraction of sp³-hybridized carbons (Fsp3) is 0.333. The predicted octanol–water partition coefficient (Wildman–Crippen LogP) is 1.64. The second-order valence-corrected chi connectivity index (χ2v) is 3.71. The van der Waals surface area contributed by atoms with Crippen molar-refractivity contribution in [3.05, 3.63) is 16.6 Å². The van der Waals surface area contributed by atoms with Crippen LogP contribution in [0.2, 0.25) is 0 Å². The second-order valence-electron chi connectivity index (χ2n) is 1.91. The lowest BCUT2D eigenvalue weighted by atomic mass is 10.5. The third-order valence-electron chi connectivity index (χ3n) is 1.24. The van der Waals surface area contributed by atoms with Crippen LogP contribution in [0, 0.1) is 0 Å². The lowest BCUT2D eigenvalue weighted by molar-refractivity contribution is 1.17. The molecule has 1 aliphatic rings. The predicted molar refractivity (Wildman–Crippen MR) is 46.0 cm³/mol. The fourth-order valence-corrected chi connectivity index (χ4v) is 2.24. The van der Waals surface area contributed by atoms with Crippen LogP contribution in [-0.4, -0.2) is 22.3 Å². The van der Waals surface area contributed by atoms with Crippen molar-refractivity contribution in [3.8, 4) is 0 Å². The van der Waals surface area contributed by atoms with Crippen molar-refractivity contribution >= 4 is 28.1 Å². The Labute approximate surface area is 67.4 Å². The average Bonchev–Trinajstić information content (AvgIpc) is 2.59. The average molecular weight is 170 g/mol. The van der Waals surface area contributed by atoms with E-state index in [2.05, 4.69) is 9.98 Å². The van der Waals surface area contributed by atoms with Crippen LogP contribution >= 0.6 is 23.1 Å². The molecule has 4 heteroatoms. The maximum absolute atomic E-state index is 4.30. The molecule has 0 unspecified atom stereocenters. The minimum atomic E-state index is 0.956. The molecule has 0 saturated carbocycles. The van der Waals surface area contributed by atoms with E-state index in [1.807, 2.05) is 10.9 Å². The smallest absolute Gasteiger partial charge is 0.117 e. The van der Waals surface area contributed by atoms with Gasteiger partial charge in [-0.25, -0.2) is 4.98 Å². The lowest BCUT2D eigenvalue weighted by Gasteiger charge is -1.89. The summed E-state index contributed by atoms with van der Waals surface area (Å²) >= 11 is 3.42. The van der Waals surface area contributed by atoms with Gasteiger partial charge < -0.3 is 0 Å². The highest BCUT2D eigenvalue weighted by atomic mass is 32.2. The Morgan fingerprint density at radius 3 is 3.10 bits per heavy atom. The summed E-state index contributed by atoms with van der Waals surface area (Å²) in [7, 11) is 0. The van der Waals surface area contributed by atoms with Crippen molar-refractivity contribution in [2.24, 2.45) is 4.99 Å². The molecular weight excluding hydrogens is 164 g/mol. The van der Waals surface area contributed by atoms with Crippen LogP contribution in [0.3, 0.4) is 0 Å². The highest BCUT2D eigenvalue weighted by Crippen LogP contribution is 2.18. The standard InChI is InChI=1S/C6H6N2S2/c1-2-10-6(7-1)5-3-9-4-8-5/h3-4H,1-2H2. The zero-order valence-electron chi connectivity index (χ0n) is 5.28. The molecule has 52 valence electrons. The van der Waals surface area contributed by atoms with Gasteiger partial charge in [0.15, 0.2) is 0 Å². The molecule has 0 N–H and O–H groups in total. The maximum atomic E-state index is 4.30. The minimum Gasteiger partial charge on any atom is -0.275 e. The zero-order chi connectivity index (χ0) is 6.81. The Bertz CT molecular complexity index is 240. The summed E-state index contributed by atoms with van der Waals surface area (Å²) in [5, 5.41) is 3.15. The molecule has 1 aliphatic heterocycles. The van der Waals surface area contributed by atoms with Crippen LogP contribution in [0.1, 0.15) is 5.69 Å². The van der Waals surface area contributed by atoms with E-state index in [0.717, 1.165) is 23.0 Å². The first-order valence-electron chi connectivity index (χ1n) is 3.02. The van der Waals surface area contributed by atoms with Crippen molar-refractivity contribution in [2.75, 3.05) is 12.3 Å². The lowest BCUT2D eigenvalue weighted by Crippen LogP contribution is -1.89. The Kier molecular flexibility index (Phi) is 1.73. The number of thiazole rings is 1. The van der Waals surface area contributed by atoms with Crippen LogP contribution < -0.4 is 0 Å². The Morgan fingerprint density at radius 2 is 2.50 bits per heavy atom. The van der Waals surface area contributed by atoms with Gasteiger partial charge >= 0.3 is 0 Å². The molecule has 0 aliphatic carbocycles. The SMILES string of the molecule is c1nc(C2=NCCS2)cs1. The van der Waals surface area contributed by atoms with Crippen molar-refractivity contribution in [3.63, 3.8) is 0 Å². The summed E-state index contributed by atoms with van der Waals surface area (Å²) in [6, 6.07) is 0. The maximum Gasteiger partial charge on any atom is 0.117 e. The van der Waals surface area contributed by atoms with E-state index in [1.165, 1.54) is 0 Å². The quantitative estimate of drug-likeness (QED) is 0.640. The van der Waals surface area contributed by atoms with Crippen LogP contribution in [0.5, 0.6) is 0 Å². The van der Waals surface area contributed by atoms with Gasteiger partial charge in [-0.2, -0.15) is 0 Å². The molecule has 0 atom stereocenters. The summed E-state index contributed by atoms with van der Waals surface area (Å²) in [6.45, 7) is 0.956. The zero-order valence-corrected chi connectivity index (χ0v) is 6.91. The molecule has 0 radical (unpaired) electrons. The van der Waals surface area contributed by atoms with Crippen LogP contribution in [0.25, 0.3) is 0 Å². The molecule has 2 nitrogen and oxygen atoms in total. The third kappa shape index (κ3) is 1.09. The number of hydrogen-bond acceptors (Lipinski definition) is 4. The molecule has 0 aromatic carbocycles. The normalized spacial score (nSPS) is 17.4. The highest BCUT2D eigenvalue weighted by Gasteiger charge is 2.10. The fourth-order valence-electron chi connectivity index (χ4n) is 0.808. The molecule has 0 saturated heterocycles. The Balaban J connectivity index is 2.28. The highest BCUT2D eigenvalue weighted by molar-refractivity contribution is 8.14. The van der Waals surface area contributed by atoms with Gasteiger partial charge in [-0.05, 0) is 0 Å². The summed E-state index contributed by atoms with van der Waals surface area (Å²) in [5.41, 5.74) is 2.89. The largest absolute Gasteiger partial charge is 0.275 e. The van der Waals surface area contributed by atoms with Crippen molar-refractivity contribution in [1.82, 2.24) is 4.98 Å². The van der Waals surface area contributed by atoms with Crippen LogP contribution in [-0.2, 0) is 0 Å². The van der Waals surface area contributed by atoms with E-state index in [-0.39, 0.29) is 0 Å². The van der Waals surface area contributed by atoms with Crippen molar-refractivity contribution < 1.29 is 0 Å². The first kappa shape index (κ1) is 6.37. The first-order chi connectivity index (χ1) is 4.97. The monoisotopic (exact) mass is 170 g/mol. The summed E-state index contributed by atoms with van der Waals surface area (Å²) < 4.78 is 0. The molecule has 1 aromatic heterocycles. The number of rotatable bonds is 1. The molecule has 0 spiro atoms. The number of nitrogens with zero attached hydrogens (tertiary/aromatic N) is 2. The van der Waals surface area contributed by atoms with E-state index in [4.69, 9.17) is 0 Å². The molecule has 0 amide bonds. The van der Waals surface area contributed by atoms with Gasteiger partial charge in [0.1, 0.15) is 10.7 Å². The van der Waals surface area contributed by atoms with E-state index in [9.17, 15) is 0 Å². The first-order valence-corrected chi connectivity index (χ1v) is 4.95. The molecule has 10 heavy (non-hydrogen) atoms. The van der Waals surface area contributed by atoms with Gasteiger partial charge in [-0.1, -0.05) is 0 Å². The van der Waals surface area contributed by atoms with E-state index in [0.29, 0.717) is 0 Å². The van der Waals surface area contributed by atoms with Crippen LogP contribution in [0.4, 0.5) is 0 Å². The molecule has 2 rings (SSSR count). The Morgan fingerprint density at radius 1 is 1.50 bits per heavy atom. The molecular formula is C6H6N2S2. The number of aromatic nitrogens is 1. The van der Waals surface area contributed by atoms with Crippen molar-refractivity contribution in [1.29, 1.82) is 0 Å². The Hall–Kier alpha value is -0.350. The number of aliphatic imine (C=N–C) groups is 1. The topological polar surface area (TPSA) is 25.2 Å². The number of thioether (sulfide) groups is 1. The minimum absolute atomic E-state index is 0.956.